The number of aryl methyl sites for hydroxylation is 1. The van der Waals surface area contributed by atoms with Crippen LogP contribution >= 0.6 is 27.3 Å². The molecule has 0 saturated carbocycles. The topological polar surface area (TPSA) is 46.2 Å². The first-order valence-electron chi connectivity index (χ1n) is 6.20. The van der Waals surface area contributed by atoms with Crippen LogP contribution in [0.3, 0.4) is 0 Å². The normalized spacial score (nSPS) is 13.3. The van der Waals surface area contributed by atoms with Crippen molar-refractivity contribution in [3.05, 3.63) is 50.6 Å². The summed E-state index contributed by atoms with van der Waals surface area (Å²) in [6.45, 7) is 3.69. The first-order chi connectivity index (χ1) is 9.38. The Balaban J connectivity index is 2.10. The number of sulfonamides is 1. The molecule has 0 bridgehead atoms. The number of halogens is 1. The number of benzene rings is 1. The zero-order valence-electron chi connectivity index (χ0n) is 11.3. The van der Waals surface area contributed by atoms with E-state index in [4.69, 9.17) is 0 Å². The predicted molar refractivity (Wildman–Crippen MR) is 86.7 cm³/mol. The monoisotopic (exact) mass is 373 g/mol. The molecule has 0 aliphatic carbocycles. The predicted octanol–water partition coefficient (Wildman–Crippen LogP) is 3.73. The molecule has 2 rings (SSSR count). The summed E-state index contributed by atoms with van der Waals surface area (Å²) >= 11 is 4.75. The average molecular weight is 374 g/mol. The summed E-state index contributed by atoms with van der Waals surface area (Å²) in [7, 11) is -3.46. The maximum Gasteiger partial charge on any atom is 0.241 e. The Morgan fingerprint density at radius 2 is 1.95 bits per heavy atom. The molecule has 20 heavy (non-hydrogen) atoms. The van der Waals surface area contributed by atoms with Gasteiger partial charge in [-0.2, -0.15) is 0 Å². The zero-order valence-corrected chi connectivity index (χ0v) is 14.5. The van der Waals surface area contributed by atoms with E-state index in [1.54, 1.807) is 6.07 Å². The third kappa shape index (κ3) is 3.91. The van der Waals surface area contributed by atoms with E-state index in [0.29, 0.717) is 11.3 Å². The summed E-state index contributed by atoms with van der Waals surface area (Å²) in [6, 6.07) is 11.4. The van der Waals surface area contributed by atoms with Gasteiger partial charge in [0.05, 0.1) is 8.68 Å². The van der Waals surface area contributed by atoms with Gasteiger partial charge in [0.1, 0.15) is 0 Å². The SMILES string of the molecule is Cc1sc(Br)cc1S(=O)(=O)NC(C)Cc1ccccc1. The molecular weight excluding hydrogens is 358 g/mol. The molecule has 1 aromatic carbocycles. The molecule has 0 radical (unpaired) electrons. The zero-order chi connectivity index (χ0) is 14.8. The Labute approximate surface area is 132 Å². The molecule has 0 spiro atoms. The lowest BCUT2D eigenvalue weighted by atomic mass is 10.1. The highest BCUT2D eigenvalue weighted by molar-refractivity contribution is 9.11. The lowest BCUT2D eigenvalue weighted by Gasteiger charge is -2.14. The molecule has 1 N–H and O–H groups in total. The molecule has 0 fully saturated rings. The minimum Gasteiger partial charge on any atom is -0.208 e. The minimum atomic E-state index is -3.46. The Morgan fingerprint density at radius 1 is 1.30 bits per heavy atom. The van der Waals surface area contributed by atoms with E-state index in [9.17, 15) is 8.42 Å². The Morgan fingerprint density at radius 3 is 2.50 bits per heavy atom. The highest BCUT2D eigenvalue weighted by Gasteiger charge is 2.21. The van der Waals surface area contributed by atoms with E-state index in [2.05, 4.69) is 20.7 Å². The molecule has 2 aromatic rings. The van der Waals surface area contributed by atoms with Crippen LogP contribution in [-0.4, -0.2) is 14.5 Å². The summed E-state index contributed by atoms with van der Waals surface area (Å²) in [4.78, 5) is 1.14. The number of hydrogen-bond acceptors (Lipinski definition) is 3. The molecule has 3 nitrogen and oxygen atoms in total. The van der Waals surface area contributed by atoms with Gasteiger partial charge in [0.25, 0.3) is 0 Å². The largest absolute Gasteiger partial charge is 0.241 e. The molecule has 6 heteroatoms. The van der Waals surface area contributed by atoms with Gasteiger partial charge in [-0.1, -0.05) is 30.3 Å². The van der Waals surface area contributed by atoms with Gasteiger partial charge >= 0.3 is 0 Å². The van der Waals surface area contributed by atoms with Crippen molar-refractivity contribution in [3.8, 4) is 0 Å². The third-order valence-corrected chi connectivity index (χ3v) is 6.27. The van der Waals surface area contributed by atoms with Crippen LogP contribution in [0.2, 0.25) is 0 Å². The van der Waals surface area contributed by atoms with Crippen LogP contribution in [0.25, 0.3) is 0 Å². The molecule has 1 heterocycles. The van der Waals surface area contributed by atoms with E-state index in [1.165, 1.54) is 11.3 Å². The van der Waals surface area contributed by atoms with Crippen LogP contribution in [0.1, 0.15) is 17.4 Å². The number of nitrogens with one attached hydrogen (secondary N) is 1. The quantitative estimate of drug-likeness (QED) is 0.867. The van der Waals surface area contributed by atoms with Gasteiger partial charge in [-0.25, -0.2) is 13.1 Å². The van der Waals surface area contributed by atoms with E-state index in [0.717, 1.165) is 14.2 Å². The van der Waals surface area contributed by atoms with Crippen LogP contribution in [0.15, 0.2) is 45.1 Å². The summed E-state index contributed by atoms with van der Waals surface area (Å²) in [6.07, 6.45) is 0.671. The van der Waals surface area contributed by atoms with Crippen LogP contribution < -0.4 is 4.72 Å². The van der Waals surface area contributed by atoms with Gasteiger partial charge in [-0.05, 0) is 47.8 Å². The minimum absolute atomic E-state index is 0.152. The Kier molecular flexibility index (Phi) is 5.01. The second-order valence-corrected chi connectivity index (χ2v) is 9.00. The number of thiophene rings is 1. The molecular formula is C14H16BrNO2S2. The second kappa shape index (κ2) is 6.39. The van der Waals surface area contributed by atoms with Crippen molar-refractivity contribution in [2.24, 2.45) is 0 Å². The molecule has 0 aliphatic heterocycles. The van der Waals surface area contributed by atoms with Crippen LogP contribution in [0, 0.1) is 6.92 Å². The number of rotatable bonds is 5. The summed E-state index contributed by atoms with van der Waals surface area (Å²) in [5.74, 6) is 0. The van der Waals surface area contributed by atoms with E-state index in [-0.39, 0.29) is 6.04 Å². The lowest BCUT2D eigenvalue weighted by Crippen LogP contribution is -2.34. The maximum atomic E-state index is 12.3. The molecule has 1 aromatic heterocycles. The first kappa shape index (κ1) is 15.7. The van der Waals surface area contributed by atoms with Crippen molar-refractivity contribution in [2.75, 3.05) is 0 Å². The molecule has 0 aliphatic rings. The molecule has 1 atom stereocenters. The van der Waals surface area contributed by atoms with E-state index >= 15 is 0 Å². The molecule has 0 saturated heterocycles. The van der Waals surface area contributed by atoms with Crippen molar-refractivity contribution in [1.29, 1.82) is 0 Å². The van der Waals surface area contributed by atoms with Crippen molar-refractivity contribution >= 4 is 37.3 Å². The van der Waals surface area contributed by atoms with Gasteiger partial charge in [-0.3, -0.25) is 0 Å². The lowest BCUT2D eigenvalue weighted by molar-refractivity contribution is 0.559. The van der Waals surface area contributed by atoms with Gasteiger partial charge in [0.15, 0.2) is 0 Å². The second-order valence-electron chi connectivity index (χ2n) is 4.68. The van der Waals surface area contributed by atoms with Gasteiger partial charge in [-0.15, -0.1) is 11.3 Å². The van der Waals surface area contributed by atoms with Gasteiger partial charge < -0.3 is 0 Å². The van der Waals surface area contributed by atoms with Crippen molar-refractivity contribution < 1.29 is 8.42 Å². The standard InChI is InChI=1S/C14H16BrNO2S2/c1-10(8-12-6-4-3-5-7-12)16-20(17,18)13-9-14(15)19-11(13)2/h3-7,9-10,16H,8H2,1-2H3. The van der Waals surface area contributed by atoms with Crippen molar-refractivity contribution in [1.82, 2.24) is 4.72 Å². The van der Waals surface area contributed by atoms with Crippen LogP contribution in [0.5, 0.6) is 0 Å². The van der Waals surface area contributed by atoms with Gasteiger partial charge in [0, 0.05) is 10.9 Å². The van der Waals surface area contributed by atoms with E-state index in [1.807, 2.05) is 44.2 Å². The Hall–Kier alpha value is -0.690. The summed E-state index contributed by atoms with van der Waals surface area (Å²) in [5.41, 5.74) is 1.12. The summed E-state index contributed by atoms with van der Waals surface area (Å²) < 4.78 is 28.2. The fraction of sp³-hybridized carbons (Fsp3) is 0.286. The Bertz CT molecular complexity index is 680. The molecule has 1 unspecified atom stereocenters. The maximum absolute atomic E-state index is 12.3. The first-order valence-corrected chi connectivity index (χ1v) is 9.30. The fourth-order valence-electron chi connectivity index (χ4n) is 2.04. The van der Waals surface area contributed by atoms with Crippen molar-refractivity contribution in [3.63, 3.8) is 0 Å². The average Bonchev–Trinajstić information content (AvgIpc) is 2.69. The fourth-order valence-corrected chi connectivity index (χ4v) is 5.69. The van der Waals surface area contributed by atoms with Gasteiger partial charge in [0.2, 0.25) is 10.0 Å². The number of hydrogen-bond donors (Lipinski definition) is 1. The molecule has 108 valence electrons. The smallest absolute Gasteiger partial charge is 0.208 e. The van der Waals surface area contributed by atoms with Crippen molar-refractivity contribution in [2.45, 2.75) is 31.2 Å². The highest BCUT2D eigenvalue weighted by Crippen LogP contribution is 2.29. The molecule has 0 amide bonds. The van der Waals surface area contributed by atoms with Crippen LogP contribution in [-0.2, 0) is 16.4 Å². The van der Waals surface area contributed by atoms with Crippen LogP contribution in [0.4, 0.5) is 0 Å². The highest BCUT2D eigenvalue weighted by atomic mass is 79.9. The summed E-state index contributed by atoms with van der Waals surface area (Å²) in [5, 5.41) is 0. The van der Waals surface area contributed by atoms with E-state index < -0.39 is 10.0 Å². The third-order valence-electron chi connectivity index (χ3n) is 2.87.